The van der Waals surface area contributed by atoms with Crippen molar-refractivity contribution in [2.45, 2.75) is 3.79 Å². The van der Waals surface area contributed by atoms with Crippen molar-refractivity contribution < 1.29 is 14.6 Å². The molecule has 0 saturated heterocycles. The Kier molecular flexibility index (Phi) is 6.85. The van der Waals surface area contributed by atoms with Crippen LogP contribution in [0.4, 0.5) is 0 Å². The summed E-state index contributed by atoms with van der Waals surface area (Å²) in [5, 5.41) is 0. The van der Waals surface area contributed by atoms with Crippen LogP contribution in [0.15, 0.2) is 12.3 Å². The molecule has 0 spiro atoms. The second kappa shape index (κ2) is 6.70. The van der Waals surface area contributed by atoms with Crippen LogP contribution in [0.2, 0.25) is 0 Å². The smallest absolute Gasteiger partial charge is 0.213 e. The minimum atomic E-state index is -1.41. The molecule has 0 heterocycles. The fourth-order valence-electron chi connectivity index (χ4n) is 0.420. The fraction of sp³-hybridized carbons (Fsp3) is 0.667. The monoisotopic (exact) mass is 249 g/mol. The van der Waals surface area contributed by atoms with Gasteiger partial charge in [0, 0.05) is 0 Å². The van der Waals surface area contributed by atoms with Gasteiger partial charge in [0.1, 0.15) is 0 Å². The van der Waals surface area contributed by atoms with Crippen molar-refractivity contribution in [1.82, 2.24) is 5.48 Å². The van der Waals surface area contributed by atoms with Crippen LogP contribution < -0.4 is 5.48 Å². The standard InChI is InChI=1S/C6H10Cl3NO3/c1-5(10-13-11-2)3-12-4-6(7,8)9/h10H,1,3-4H2,2H3. The van der Waals surface area contributed by atoms with Gasteiger partial charge in [-0.15, -0.1) is 4.99 Å². The Bertz CT molecular complexity index is 160. The van der Waals surface area contributed by atoms with Crippen molar-refractivity contribution in [2.75, 3.05) is 20.3 Å². The van der Waals surface area contributed by atoms with E-state index in [1.807, 2.05) is 0 Å². The highest BCUT2D eigenvalue weighted by molar-refractivity contribution is 6.67. The highest BCUT2D eigenvalue weighted by Gasteiger charge is 2.19. The Morgan fingerprint density at radius 3 is 2.54 bits per heavy atom. The van der Waals surface area contributed by atoms with E-state index in [1.165, 1.54) is 7.11 Å². The molecule has 0 aromatic carbocycles. The maximum Gasteiger partial charge on any atom is 0.213 e. The molecule has 0 aliphatic heterocycles. The maximum atomic E-state index is 5.42. The van der Waals surface area contributed by atoms with Crippen molar-refractivity contribution in [3.63, 3.8) is 0 Å². The second-order valence-electron chi connectivity index (χ2n) is 2.06. The summed E-state index contributed by atoms with van der Waals surface area (Å²) in [5.41, 5.74) is 2.80. The van der Waals surface area contributed by atoms with Crippen LogP contribution >= 0.6 is 34.8 Å². The maximum absolute atomic E-state index is 5.42. The van der Waals surface area contributed by atoms with E-state index in [9.17, 15) is 0 Å². The van der Waals surface area contributed by atoms with Crippen molar-refractivity contribution in [2.24, 2.45) is 0 Å². The van der Waals surface area contributed by atoms with Crippen LogP contribution in [0.25, 0.3) is 0 Å². The molecule has 0 radical (unpaired) electrons. The number of ether oxygens (including phenoxy) is 1. The molecule has 4 nitrogen and oxygen atoms in total. The minimum Gasteiger partial charge on any atom is -0.371 e. The molecule has 13 heavy (non-hydrogen) atoms. The predicted octanol–water partition coefficient (Wildman–Crippen LogP) is 1.97. The molecule has 0 unspecified atom stereocenters. The molecule has 0 aromatic rings. The first-order valence-corrected chi connectivity index (χ1v) is 4.37. The quantitative estimate of drug-likeness (QED) is 0.444. The number of rotatable bonds is 6. The Morgan fingerprint density at radius 1 is 1.46 bits per heavy atom. The summed E-state index contributed by atoms with van der Waals surface area (Å²) in [5.74, 6) is 0. The molecule has 0 rings (SSSR count). The molecule has 7 heteroatoms. The molecule has 0 aromatic heterocycles. The summed E-state index contributed by atoms with van der Waals surface area (Å²) in [4.78, 5) is 8.60. The Balaban J connectivity index is 3.37. The lowest BCUT2D eigenvalue weighted by molar-refractivity contribution is -0.310. The second-order valence-corrected chi connectivity index (χ2v) is 4.58. The van der Waals surface area contributed by atoms with Gasteiger partial charge < -0.3 is 4.74 Å². The Morgan fingerprint density at radius 2 is 2.08 bits per heavy atom. The number of hydroxylamine groups is 1. The molecular formula is C6H10Cl3NO3. The molecule has 0 amide bonds. The third kappa shape index (κ3) is 10.2. The Labute approximate surface area is 91.6 Å². The van der Waals surface area contributed by atoms with E-state index in [0.717, 1.165) is 0 Å². The summed E-state index contributed by atoms with van der Waals surface area (Å²) in [6.07, 6.45) is 0. The normalized spacial score (nSPS) is 11.4. The predicted molar refractivity (Wildman–Crippen MR) is 51.5 cm³/mol. The first-order chi connectivity index (χ1) is 5.95. The minimum absolute atomic E-state index is 0.0225. The lowest BCUT2D eigenvalue weighted by Gasteiger charge is -2.12. The molecule has 0 saturated carbocycles. The summed E-state index contributed by atoms with van der Waals surface area (Å²) in [6.45, 7) is 3.68. The molecule has 0 bridgehead atoms. The first kappa shape index (κ1) is 13.3. The third-order valence-electron chi connectivity index (χ3n) is 0.811. The fourth-order valence-corrected chi connectivity index (χ4v) is 0.651. The van der Waals surface area contributed by atoms with Crippen molar-refractivity contribution in [3.05, 3.63) is 12.3 Å². The molecule has 0 atom stereocenters. The number of nitrogens with one attached hydrogen (secondary N) is 1. The summed E-state index contributed by atoms with van der Waals surface area (Å²) in [6, 6.07) is 0. The number of hydrogen-bond acceptors (Lipinski definition) is 4. The zero-order valence-electron chi connectivity index (χ0n) is 6.98. The highest BCUT2D eigenvalue weighted by atomic mass is 35.6. The molecule has 78 valence electrons. The lowest BCUT2D eigenvalue weighted by atomic mass is 10.5. The van der Waals surface area contributed by atoms with E-state index < -0.39 is 3.79 Å². The van der Waals surface area contributed by atoms with E-state index in [0.29, 0.717) is 5.70 Å². The van der Waals surface area contributed by atoms with E-state index in [4.69, 9.17) is 39.5 Å². The van der Waals surface area contributed by atoms with Gasteiger partial charge in [0.15, 0.2) is 0 Å². The summed E-state index contributed by atoms with van der Waals surface area (Å²) >= 11 is 16.3. The number of alkyl halides is 3. The first-order valence-electron chi connectivity index (χ1n) is 3.23. The van der Waals surface area contributed by atoms with Crippen LogP contribution in [0, 0.1) is 0 Å². The topological polar surface area (TPSA) is 39.7 Å². The largest absolute Gasteiger partial charge is 0.371 e. The van der Waals surface area contributed by atoms with Crippen LogP contribution in [-0.4, -0.2) is 24.1 Å². The third-order valence-corrected chi connectivity index (χ3v) is 1.14. The molecule has 1 N–H and O–H groups in total. The van der Waals surface area contributed by atoms with Crippen LogP contribution in [-0.2, 0) is 14.6 Å². The van der Waals surface area contributed by atoms with E-state index in [1.54, 1.807) is 0 Å². The van der Waals surface area contributed by atoms with Gasteiger partial charge in [0.25, 0.3) is 0 Å². The van der Waals surface area contributed by atoms with Gasteiger partial charge in [0.2, 0.25) is 3.79 Å². The average molecular weight is 251 g/mol. The zero-order chi connectivity index (χ0) is 10.3. The van der Waals surface area contributed by atoms with Gasteiger partial charge in [-0.3, -0.25) is 0 Å². The van der Waals surface area contributed by atoms with Gasteiger partial charge in [-0.25, -0.2) is 10.4 Å². The van der Waals surface area contributed by atoms with Crippen LogP contribution in [0.3, 0.4) is 0 Å². The van der Waals surface area contributed by atoms with Gasteiger partial charge in [-0.05, 0) is 0 Å². The van der Waals surface area contributed by atoms with Crippen molar-refractivity contribution in [3.8, 4) is 0 Å². The summed E-state index contributed by atoms with van der Waals surface area (Å²) < 4.78 is 3.55. The number of hydrogen-bond donors (Lipinski definition) is 1. The molecule has 0 fully saturated rings. The molecule has 0 aliphatic rings. The van der Waals surface area contributed by atoms with Crippen molar-refractivity contribution >= 4 is 34.8 Å². The number of halogens is 3. The van der Waals surface area contributed by atoms with E-state index in [-0.39, 0.29) is 13.2 Å². The van der Waals surface area contributed by atoms with Gasteiger partial charge in [-0.1, -0.05) is 41.4 Å². The SMILES string of the molecule is C=C(COCC(Cl)(Cl)Cl)NOOC. The van der Waals surface area contributed by atoms with E-state index >= 15 is 0 Å². The Hall–Kier alpha value is 0.290. The van der Waals surface area contributed by atoms with Crippen LogP contribution in [0.5, 0.6) is 0 Å². The molecular weight excluding hydrogens is 240 g/mol. The van der Waals surface area contributed by atoms with E-state index in [2.05, 4.69) is 21.9 Å². The van der Waals surface area contributed by atoms with Gasteiger partial charge in [-0.2, -0.15) is 0 Å². The van der Waals surface area contributed by atoms with Gasteiger partial charge >= 0.3 is 0 Å². The average Bonchev–Trinajstić information content (AvgIpc) is 1.98. The highest BCUT2D eigenvalue weighted by Crippen LogP contribution is 2.25. The van der Waals surface area contributed by atoms with Crippen LogP contribution in [0.1, 0.15) is 0 Å². The summed E-state index contributed by atoms with van der Waals surface area (Å²) in [7, 11) is 1.35. The lowest BCUT2D eigenvalue weighted by Crippen LogP contribution is -2.20. The zero-order valence-corrected chi connectivity index (χ0v) is 9.25. The van der Waals surface area contributed by atoms with Gasteiger partial charge in [0.05, 0.1) is 26.0 Å². The molecule has 0 aliphatic carbocycles. The van der Waals surface area contributed by atoms with Crippen molar-refractivity contribution in [1.29, 1.82) is 0 Å².